The van der Waals surface area contributed by atoms with E-state index in [-0.39, 0.29) is 35.2 Å². The number of carbonyl (C=O) groups is 1. The molecule has 0 aromatic carbocycles. The predicted molar refractivity (Wildman–Crippen MR) is 93.0 cm³/mol. The zero-order chi connectivity index (χ0) is 17.4. The molecule has 1 aromatic heterocycles. The fraction of sp³-hybridized carbons (Fsp3) is 0.867. The molecule has 10 heteroatoms. The molecule has 2 aliphatic carbocycles. The maximum atomic E-state index is 13.0. The van der Waals surface area contributed by atoms with Gasteiger partial charge in [-0.3, -0.25) is 4.79 Å². The van der Waals surface area contributed by atoms with Gasteiger partial charge < -0.3 is 4.90 Å². The third-order valence-electron chi connectivity index (χ3n) is 5.29. The molecular formula is C15H23N5O3S2. The van der Waals surface area contributed by atoms with Crippen LogP contribution in [-0.4, -0.2) is 68.8 Å². The third kappa shape index (κ3) is 3.84. The van der Waals surface area contributed by atoms with Crippen molar-refractivity contribution in [2.45, 2.75) is 68.2 Å². The van der Waals surface area contributed by atoms with Crippen LogP contribution >= 0.6 is 11.8 Å². The number of nitrogens with zero attached hydrogens (tertiary/aromatic N) is 5. The molecule has 1 saturated heterocycles. The fourth-order valence-corrected chi connectivity index (χ4v) is 6.44. The molecule has 3 fully saturated rings. The summed E-state index contributed by atoms with van der Waals surface area (Å²) in [5, 5.41) is 12.4. The smallest absolute Gasteiger partial charge is 0.233 e. The van der Waals surface area contributed by atoms with E-state index in [1.54, 1.807) is 4.68 Å². The van der Waals surface area contributed by atoms with Crippen LogP contribution in [0.2, 0.25) is 0 Å². The lowest BCUT2D eigenvalue weighted by molar-refractivity contribution is -0.132. The number of thioether (sulfide) groups is 1. The van der Waals surface area contributed by atoms with Crippen LogP contribution in [0.1, 0.15) is 51.0 Å². The SMILES string of the molecule is O=C(CSc1nnnn1C1CC1)N(C1CCCC1)[C@H]1CCS(=O)(=O)C1. The van der Waals surface area contributed by atoms with E-state index >= 15 is 0 Å². The van der Waals surface area contributed by atoms with E-state index in [2.05, 4.69) is 15.5 Å². The number of amides is 1. The summed E-state index contributed by atoms with van der Waals surface area (Å²) in [4.78, 5) is 14.8. The number of sulfone groups is 1. The van der Waals surface area contributed by atoms with Crippen molar-refractivity contribution in [1.82, 2.24) is 25.1 Å². The van der Waals surface area contributed by atoms with E-state index in [1.165, 1.54) is 11.8 Å². The molecule has 0 bridgehead atoms. The van der Waals surface area contributed by atoms with E-state index in [9.17, 15) is 13.2 Å². The van der Waals surface area contributed by atoms with E-state index in [1.807, 2.05) is 4.90 Å². The minimum atomic E-state index is -3.01. The molecule has 3 aliphatic rings. The van der Waals surface area contributed by atoms with E-state index in [0.717, 1.165) is 38.5 Å². The molecule has 4 rings (SSSR count). The number of aromatic nitrogens is 4. The molecule has 1 aliphatic heterocycles. The van der Waals surface area contributed by atoms with Gasteiger partial charge in [0.25, 0.3) is 0 Å². The Hall–Kier alpha value is -1.16. The summed E-state index contributed by atoms with van der Waals surface area (Å²) < 4.78 is 25.6. The van der Waals surface area contributed by atoms with E-state index in [0.29, 0.717) is 17.6 Å². The Bertz CT molecular complexity index is 740. The van der Waals surface area contributed by atoms with Gasteiger partial charge in [0, 0.05) is 12.1 Å². The summed E-state index contributed by atoms with van der Waals surface area (Å²) in [6, 6.07) is 0.393. The van der Waals surface area contributed by atoms with Gasteiger partial charge in [0.2, 0.25) is 11.1 Å². The fourth-order valence-electron chi connectivity index (χ4n) is 3.91. The zero-order valence-corrected chi connectivity index (χ0v) is 15.7. The van der Waals surface area contributed by atoms with Crippen LogP contribution in [0.3, 0.4) is 0 Å². The second kappa shape index (κ2) is 6.86. The van der Waals surface area contributed by atoms with Crippen LogP contribution < -0.4 is 0 Å². The summed E-state index contributed by atoms with van der Waals surface area (Å²) in [5.41, 5.74) is 0. The first kappa shape index (κ1) is 17.3. The van der Waals surface area contributed by atoms with Gasteiger partial charge in [-0.25, -0.2) is 13.1 Å². The van der Waals surface area contributed by atoms with Gasteiger partial charge in [0.05, 0.1) is 23.3 Å². The van der Waals surface area contributed by atoms with Crippen molar-refractivity contribution in [3.8, 4) is 0 Å². The highest BCUT2D eigenvalue weighted by atomic mass is 32.2. The Labute approximate surface area is 151 Å². The van der Waals surface area contributed by atoms with Crippen molar-refractivity contribution in [1.29, 1.82) is 0 Å². The average molecular weight is 386 g/mol. The molecule has 1 atom stereocenters. The molecule has 0 unspecified atom stereocenters. The number of hydrogen-bond acceptors (Lipinski definition) is 7. The molecule has 0 spiro atoms. The number of rotatable bonds is 6. The second-order valence-corrected chi connectivity index (χ2v) is 10.4. The first-order valence-corrected chi connectivity index (χ1v) is 11.8. The minimum Gasteiger partial charge on any atom is -0.335 e. The molecule has 2 heterocycles. The summed E-state index contributed by atoms with van der Waals surface area (Å²) in [5.74, 6) is 0.588. The highest BCUT2D eigenvalue weighted by Crippen LogP contribution is 2.36. The quantitative estimate of drug-likeness (QED) is 0.675. The maximum Gasteiger partial charge on any atom is 0.233 e. The van der Waals surface area contributed by atoms with Gasteiger partial charge in [-0.05, 0) is 42.5 Å². The zero-order valence-electron chi connectivity index (χ0n) is 14.1. The van der Waals surface area contributed by atoms with Gasteiger partial charge in [-0.2, -0.15) is 0 Å². The van der Waals surface area contributed by atoms with E-state index < -0.39 is 9.84 Å². The Morgan fingerprint density at radius 3 is 2.56 bits per heavy atom. The van der Waals surface area contributed by atoms with Crippen LogP contribution in [0.15, 0.2) is 5.16 Å². The predicted octanol–water partition coefficient (Wildman–Crippen LogP) is 1.06. The van der Waals surface area contributed by atoms with Crippen molar-refractivity contribution in [2.24, 2.45) is 0 Å². The van der Waals surface area contributed by atoms with Crippen LogP contribution in [0.5, 0.6) is 0 Å². The summed E-state index contributed by atoms with van der Waals surface area (Å²) in [6.07, 6.45) is 6.91. The minimum absolute atomic E-state index is 0.0179. The highest BCUT2D eigenvalue weighted by molar-refractivity contribution is 7.99. The van der Waals surface area contributed by atoms with Crippen molar-refractivity contribution in [2.75, 3.05) is 17.3 Å². The molecule has 2 saturated carbocycles. The Morgan fingerprint density at radius 2 is 1.92 bits per heavy atom. The average Bonchev–Trinajstić information content (AvgIpc) is 2.99. The van der Waals surface area contributed by atoms with Gasteiger partial charge in [-0.15, -0.1) is 5.10 Å². The van der Waals surface area contributed by atoms with Gasteiger partial charge >= 0.3 is 0 Å². The third-order valence-corrected chi connectivity index (χ3v) is 7.96. The van der Waals surface area contributed by atoms with Crippen molar-refractivity contribution in [3.63, 3.8) is 0 Å². The molecule has 1 amide bonds. The number of carbonyl (C=O) groups excluding carboxylic acids is 1. The van der Waals surface area contributed by atoms with Crippen molar-refractivity contribution < 1.29 is 13.2 Å². The second-order valence-electron chi connectivity index (χ2n) is 7.22. The topological polar surface area (TPSA) is 98.1 Å². The van der Waals surface area contributed by atoms with Crippen molar-refractivity contribution in [3.05, 3.63) is 0 Å². The summed E-state index contributed by atoms with van der Waals surface area (Å²) in [6.45, 7) is 0. The first-order chi connectivity index (χ1) is 12.0. The normalized spacial score (nSPS) is 26.2. The molecule has 25 heavy (non-hydrogen) atoms. The Kier molecular flexibility index (Phi) is 4.74. The highest BCUT2D eigenvalue weighted by Gasteiger charge is 2.39. The van der Waals surface area contributed by atoms with Gasteiger partial charge in [0.15, 0.2) is 9.84 Å². The Morgan fingerprint density at radius 1 is 1.16 bits per heavy atom. The summed E-state index contributed by atoms with van der Waals surface area (Å²) >= 11 is 1.36. The lowest BCUT2D eigenvalue weighted by atomic mass is 10.1. The maximum absolute atomic E-state index is 13.0. The molecule has 0 N–H and O–H groups in total. The monoisotopic (exact) mass is 385 g/mol. The lowest BCUT2D eigenvalue weighted by Crippen LogP contribution is -2.47. The summed E-state index contributed by atoms with van der Waals surface area (Å²) in [7, 11) is -3.01. The molecule has 0 radical (unpaired) electrons. The standard InChI is InChI=1S/C15H23N5O3S2/c21-14(9-24-15-16-17-18-20(15)12-5-6-12)19(11-3-1-2-4-11)13-7-8-25(22,23)10-13/h11-13H,1-10H2/t13-/m0/s1. The van der Waals surface area contributed by atoms with Crippen LogP contribution in [0.25, 0.3) is 0 Å². The molecule has 8 nitrogen and oxygen atoms in total. The molecular weight excluding hydrogens is 362 g/mol. The van der Waals surface area contributed by atoms with E-state index in [4.69, 9.17) is 0 Å². The number of hydrogen-bond donors (Lipinski definition) is 0. The van der Waals surface area contributed by atoms with Crippen molar-refractivity contribution >= 4 is 27.5 Å². The molecule has 138 valence electrons. The largest absolute Gasteiger partial charge is 0.335 e. The van der Waals surface area contributed by atoms with Gasteiger partial charge in [0.1, 0.15) is 0 Å². The van der Waals surface area contributed by atoms with Crippen LogP contribution in [-0.2, 0) is 14.6 Å². The Balaban J connectivity index is 1.44. The molecule has 1 aromatic rings. The van der Waals surface area contributed by atoms with Crippen LogP contribution in [0.4, 0.5) is 0 Å². The first-order valence-electron chi connectivity index (χ1n) is 8.96. The van der Waals surface area contributed by atoms with Gasteiger partial charge in [-0.1, -0.05) is 24.6 Å². The lowest BCUT2D eigenvalue weighted by Gasteiger charge is -2.34. The number of tetrazole rings is 1. The van der Waals surface area contributed by atoms with Crippen LogP contribution in [0, 0.1) is 0 Å².